The van der Waals surface area contributed by atoms with E-state index < -0.39 is 0 Å². The highest BCUT2D eigenvalue weighted by Gasteiger charge is 2.16. The Hall–Kier alpha value is -0.0800. The van der Waals surface area contributed by atoms with Crippen molar-refractivity contribution in [2.24, 2.45) is 0 Å². The fraction of sp³-hybridized carbons (Fsp3) is 1.00. The first-order valence-electron chi connectivity index (χ1n) is 14.3. The number of unbranched alkanes of at least 4 members (excludes halogenated alkanes) is 15. The molecule has 0 aromatic rings. The summed E-state index contributed by atoms with van der Waals surface area (Å²) in [7, 11) is 0. The zero-order valence-corrected chi connectivity index (χ0v) is 21.8. The smallest absolute Gasteiger partial charge is 0.0597 e. The summed E-state index contributed by atoms with van der Waals surface area (Å²) in [6.07, 6.45) is 28.5. The summed E-state index contributed by atoms with van der Waals surface area (Å²) in [5, 5.41) is 3.99. The van der Waals surface area contributed by atoms with E-state index in [9.17, 15) is 0 Å². The summed E-state index contributed by atoms with van der Waals surface area (Å²) >= 11 is 0. The molecule has 1 N–H and O–H groups in total. The van der Waals surface area contributed by atoms with E-state index in [1.54, 1.807) is 0 Å². The van der Waals surface area contributed by atoms with Gasteiger partial charge in [0.2, 0.25) is 0 Å². The van der Waals surface area contributed by atoms with Crippen molar-refractivity contribution in [2.45, 2.75) is 162 Å². The molecule has 182 valence electrons. The Kier molecular flexibility index (Phi) is 25.1. The lowest BCUT2D eigenvalue weighted by Crippen LogP contribution is -2.47. The zero-order chi connectivity index (χ0) is 22.1. The molecule has 0 amide bonds. The SMILES string of the molecule is CCCCCCCCCCNC(CCCCCCCCC)N(CCCC)CCCC. The minimum atomic E-state index is 0.614. The van der Waals surface area contributed by atoms with Crippen LogP contribution >= 0.6 is 0 Å². The average Bonchev–Trinajstić information content (AvgIpc) is 2.76. The molecular weight excluding hydrogens is 364 g/mol. The number of nitrogens with one attached hydrogen (secondary N) is 1. The normalized spacial score (nSPS) is 12.7. The highest BCUT2D eigenvalue weighted by molar-refractivity contribution is 4.71. The van der Waals surface area contributed by atoms with Crippen molar-refractivity contribution in [1.29, 1.82) is 0 Å². The Bertz CT molecular complexity index is 297. The molecule has 0 spiro atoms. The summed E-state index contributed by atoms with van der Waals surface area (Å²) in [5.74, 6) is 0. The molecule has 1 atom stereocenters. The number of hydrogen-bond donors (Lipinski definition) is 1. The van der Waals surface area contributed by atoms with Gasteiger partial charge in [0.25, 0.3) is 0 Å². The fourth-order valence-corrected chi connectivity index (χ4v) is 4.38. The Morgan fingerprint density at radius 1 is 0.467 bits per heavy atom. The lowest BCUT2D eigenvalue weighted by atomic mass is 10.1. The van der Waals surface area contributed by atoms with Crippen LogP contribution in [0.15, 0.2) is 0 Å². The predicted octanol–water partition coefficient (Wildman–Crippen LogP) is 9.09. The van der Waals surface area contributed by atoms with Gasteiger partial charge in [0.1, 0.15) is 0 Å². The number of hydrogen-bond acceptors (Lipinski definition) is 2. The van der Waals surface area contributed by atoms with Gasteiger partial charge in [-0.1, -0.05) is 130 Å². The van der Waals surface area contributed by atoms with Gasteiger partial charge in [0.15, 0.2) is 0 Å². The maximum atomic E-state index is 3.99. The molecule has 2 nitrogen and oxygen atoms in total. The largest absolute Gasteiger partial charge is 0.302 e. The number of nitrogens with zero attached hydrogens (tertiary/aromatic N) is 1. The van der Waals surface area contributed by atoms with Gasteiger partial charge in [-0.25, -0.2) is 0 Å². The van der Waals surface area contributed by atoms with Crippen molar-refractivity contribution in [3.8, 4) is 0 Å². The Morgan fingerprint density at radius 3 is 1.33 bits per heavy atom. The summed E-state index contributed by atoms with van der Waals surface area (Å²) < 4.78 is 0. The Balaban J connectivity index is 4.22. The van der Waals surface area contributed by atoms with Crippen LogP contribution in [0.2, 0.25) is 0 Å². The summed E-state index contributed by atoms with van der Waals surface area (Å²) in [6.45, 7) is 13.0. The third-order valence-electron chi connectivity index (χ3n) is 6.53. The van der Waals surface area contributed by atoms with Crippen LogP contribution in [0.5, 0.6) is 0 Å². The Morgan fingerprint density at radius 2 is 0.867 bits per heavy atom. The zero-order valence-electron chi connectivity index (χ0n) is 21.8. The first kappa shape index (κ1) is 29.9. The van der Waals surface area contributed by atoms with Crippen LogP contribution in [0.1, 0.15) is 156 Å². The second-order valence-electron chi connectivity index (χ2n) is 9.60. The van der Waals surface area contributed by atoms with Crippen LogP contribution in [0, 0.1) is 0 Å². The predicted molar refractivity (Wildman–Crippen MR) is 138 cm³/mol. The molecule has 0 heterocycles. The van der Waals surface area contributed by atoms with E-state index in [4.69, 9.17) is 0 Å². The molecule has 0 saturated heterocycles. The maximum Gasteiger partial charge on any atom is 0.0597 e. The molecule has 0 aliphatic rings. The number of rotatable bonds is 25. The summed E-state index contributed by atoms with van der Waals surface area (Å²) in [5.41, 5.74) is 0. The van der Waals surface area contributed by atoms with E-state index in [-0.39, 0.29) is 0 Å². The van der Waals surface area contributed by atoms with Gasteiger partial charge in [0, 0.05) is 0 Å². The van der Waals surface area contributed by atoms with Crippen molar-refractivity contribution < 1.29 is 0 Å². The van der Waals surface area contributed by atoms with Crippen molar-refractivity contribution >= 4 is 0 Å². The molecule has 2 heteroatoms. The molecule has 0 bridgehead atoms. The van der Waals surface area contributed by atoms with E-state index in [1.807, 2.05) is 0 Å². The first-order valence-corrected chi connectivity index (χ1v) is 14.3. The minimum Gasteiger partial charge on any atom is -0.302 e. The van der Waals surface area contributed by atoms with Gasteiger partial charge in [0.05, 0.1) is 6.17 Å². The molecule has 0 rings (SSSR count). The molecule has 0 aromatic carbocycles. The van der Waals surface area contributed by atoms with Gasteiger partial charge >= 0.3 is 0 Å². The average molecular weight is 425 g/mol. The second kappa shape index (κ2) is 25.2. The van der Waals surface area contributed by atoms with Crippen LogP contribution in [0.25, 0.3) is 0 Å². The highest BCUT2D eigenvalue weighted by atomic mass is 15.3. The van der Waals surface area contributed by atoms with E-state index in [0.29, 0.717) is 6.17 Å². The molecule has 0 fully saturated rings. The third-order valence-corrected chi connectivity index (χ3v) is 6.53. The van der Waals surface area contributed by atoms with Gasteiger partial charge in [-0.15, -0.1) is 0 Å². The van der Waals surface area contributed by atoms with Crippen molar-refractivity contribution in [1.82, 2.24) is 10.2 Å². The highest BCUT2D eigenvalue weighted by Crippen LogP contribution is 2.14. The third kappa shape index (κ3) is 19.9. The molecule has 30 heavy (non-hydrogen) atoms. The molecule has 0 aromatic heterocycles. The summed E-state index contributed by atoms with van der Waals surface area (Å²) in [4.78, 5) is 2.79. The lowest BCUT2D eigenvalue weighted by molar-refractivity contribution is 0.147. The van der Waals surface area contributed by atoms with Crippen molar-refractivity contribution in [3.05, 3.63) is 0 Å². The van der Waals surface area contributed by atoms with Gasteiger partial charge in [-0.05, 0) is 45.3 Å². The van der Waals surface area contributed by atoms with E-state index >= 15 is 0 Å². The van der Waals surface area contributed by atoms with Crippen LogP contribution < -0.4 is 5.32 Å². The van der Waals surface area contributed by atoms with Crippen molar-refractivity contribution in [2.75, 3.05) is 19.6 Å². The maximum absolute atomic E-state index is 3.99. The molecule has 0 saturated carbocycles. The quantitative estimate of drug-likeness (QED) is 0.116. The van der Waals surface area contributed by atoms with E-state index in [0.717, 1.165) is 0 Å². The molecule has 0 radical (unpaired) electrons. The molecule has 0 aliphatic heterocycles. The first-order chi connectivity index (χ1) is 14.8. The summed E-state index contributed by atoms with van der Waals surface area (Å²) in [6, 6.07) is 0. The monoisotopic (exact) mass is 424 g/mol. The van der Waals surface area contributed by atoms with E-state index in [2.05, 4.69) is 37.9 Å². The Labute approximate surface area is 192 Å². The minimum absolute atomic E-state index is 0.614. The van der Waals surface area contributed by atoms with Gasteiger partial charge < -0.3 is 5.32 Å². The molecule has 0 aliphatic carbocycles. The molecular formula is C28H60N2. The second-order valence-corrected chi connectivity index (χ2v) is 9.60. The van der Waals surface area contributed by atoms with Crippen LogP contribution in [-0.4, -0.2) is 30.7 Å². The van der Waals surface area contributed by atoms with Gasteiger partial charge in [-0.2, -0.15) is 0 Å². The fourth-order valence-electron chi connectivity index (χ4n) is 4.38. The van der Waals surface area contributed by atoms with Crippen LogP contribution in [0.3, 0.4) is 0 Å². The van der Waals surface area contributed by atoms with Crippen LogP contribution in [0.4, 0.5) is 0 Å². The van der Waals surface area contributed by atoms with Crippen LogP contribution in [-0.2, 0) is 0 Å². The van der Waals surface area contributed by atoms with E-state index in [1.165, 1.54) is 148 Å². The molecule has 1 unspecified atom stereocenters. The topological polar surface area (TPSA) is 15.3 Å². The van der Waals surface area contributed by atoms with Gasteiger partial charge in [-0.3, -0.25) is 4.90 Å². The standard InChI is InChI=1S/C28H60N2/c1-5-9-13-15-17-19-21-23-25-29-28(24-22-20-18-16-14-10-6-2)30(26-11-7-3)27-12-8-4/h28-29H,5-27H2,1-4H3. The lowest BCUT2D eigenvalue weighted by Gasteiger charge is -2.33. The van der Waals surface area contributed by atoms with Crippen molar-refractivity contribution in [3.63, 3.8) is 0 Å².